The Hall–Kier alpha value is -0.670. The summed E-state index contributed by atoms with van der Waals surface area (Å²) in [4.78, 5) is 0. The van der Waals surface area contributed by atoms with E-state index in [1.807, 2.05) is 42.1 Å². The van der Waals surface area contributed by atoms with Crippen LogP contribution in [0, 0.1) is 0 Å². The zero-order valence-corrected chi connectivity index (χ0v) is 10.7. The highest BCUT2D eigenvalue weighted by Crippen LogP contribution is 2.10. The summed E-state index contributed by atoms with van der Waals surface area (Å²) in [6.45, 7) is 0.788. The van der Waals surface area contributed by atoms with Gasteiger partial charge >= 0.3 is 0 Å². The lowest BCUT2D eigenvalue weighted by molar-refractivity contribution is 0.304. The molecule has 1 atom stereocenters. The van der Waals surface area contributed by atoms with Gasteiger partial charge in [0, 0.05) is 11.8 Å². The molecule has 0 aromatic heterocycles. The van der Waals surface area contributed by atoms with Gasteiger partial charge in [0.15, 0.2) is 0 Å². The molecule has 0 spiro atoms. The molecular weight excluding hydrogens is 218 g/mol. The first-order valence-electron chi connectivity index (χ1n) is 5.75. The van der Waals surface area contributed by atoms with Gasteiger partial charge in [-0.1, -0.05) is 18.2 Å². The topological polar surface area (TPSA) is 35.2 Å². The molecule has 0 aliphatic rings. The van der Waals surface area contributed by atoms with E-state index in [0.29, 0.717) is 6.04 Å². The van der Waals surface area contributed by atoms with E-state index in [2.05, 4.69) is 6.26 Å². The predicted molar refractivity (Wildman–Crippen MR) is 72.1 cm³/mol. The van der Waals surface area contributed by atoms with Crippen molar-refractivity contribution >= 4 is 11.8 Å². The Kier molecular flexibility index (Phi) is 7.10. The van der Waals surface area contributed by atoms with Crippen molar-refractivity contribution in [3.05, 3.63) is 30.3 Å². The normalized spacial score (nSPS) is 12.4. The molecule has 3 heteroatoms. The second-order valence-electron chi connectivity index (χ2n) is 3.87. The molecule has 0 radical (unpaired) electrons. The molecule has 0 amide bonds. The first-order chi connectivity index (χ1) is 7.83. The summed E-state index contributed by atoms with van der Waals surface area (Å²) in [7, 11) is 0. The molecule has 0 aliphatic heterocycles. The van der Waals surface area contributed by atoms with Gasteiger partial charge in [0.25, 0.3) is 0 Å². The van der Waals surface area contributed by atoms with E-state index in [9.17, 15) is 0 Å². The number of rotatable bonds is 8. The minimum absolute atomic E-state index is 0.340. The second kappa shape index (κ2) is 8.48. The highest BCUT2D eigenvalue weighted by atomic mass is 32.2. The third kappa shape index (κ3) is 6.03. The number of hydrogen-bond acceptors (Lipinski definition) is 3. The van der Waals surface area contributed by atoms with Crippen molar-refractivity contribution in [3.8, 4) is 5.75 Å². The molecule has 2 N–H and O–H groups in total. The Bertz CT molecular complexity index is 266. The van der Waals surface area contributed by atoms with E-state index in [4.69, 9.17) is 10.5 Å². The minimum Gasteiger partial charge on any atom is -0.494 e. The Balaban J connectivity index is 2.00. The molecule has 0 saturated heterocycles. The van der Waals surface area contributed by atoms with Gasteiger partial charge < -0.3 is 10.5 Å². The predicted octanol–water partition coefficient (Wildman–Crippen LogP) is 2.93. The van der Waals surface area contributed by atoms with Crippen LogP contribution < -0.4 is 10.5 Å². The van der Waals surface area contributed by atoms with E-state index in [-0.39, 0.29) is 0 Å². The zero-order chi connectivity index (χ0) is 11.6. The molecule has 2 nitrogen and oxygen atoms in total. The van der Waals surface area contributed by atoms with Gasteiger partial charge in [-0.25, -0.2) is 0 Å². The summed E-state index contributed by atoms with van der Waals surface area (Å²) in [5, 5.41) is 0. The van der Waals surface area contributed by atoms with Gasteiger partial charge in [0.05, 0.1) is 6.61 Å². The first-order valence-corrected chi connectivity index (χ1v) is 7.14. The van der Waals surface area contributed by atoms with Crippen molar-refractivity contribution in [2.24, 2.45) is 5.73 Å². The molecular formula is C13H21NOS. The lowest BCUT2D eigenvalue weighted by Crippen LogP contribution is -2.22. The van der Waals surface area contributed by atoms with E-state index in [1.165, 1.54) is 0 Å². The maximum atomic E-state index is 5.92. The van der Waals surface area contributed by atoms with Crippen molar-refractivity contribution in [1.82, 2.24) is 0 Å². The largest absolute Gasteiger partial charge is 0.494 e. The first kappa shape index (κ1) is 13.4. The highest BCUT2D eigenvalue weighted by Gasteiger charge is 2.00. The van der Waals surface area contributed by atoms with Crippen LogP contribution in [0.2, 0.25) is 0 Å². The van der Waals surface area contributed by atoms with Crippen LogP contribution in [0.5, 0.6) is 5.75 Å². The molecule has 0 heterocycles. The van der Waals surface area contributed by atoms with E-state index >= 15 is 0 Å². The number of ether oxygens (including phenoxy) is 1. The number of para-hydroxylation sites is 1. The molecule has 1 unspecified atom stereocenters. The van der Waals surface area contributed by atoms with Crippen molar-refractivity contribution in [2.45, 2.75) is 25.3 Å². The summed E-state index contributed by atoms with van der Waals surface area (Å²) >= 11 is 1.81. The van der Waals surface area contributed by atoms with E-state index in [0.717, 1.165) is 37.4 Å². The lowest BCUT2D eigenvalue weighted by Gasteiger charge is -2.10. The van der Waals surface area contributed by atoms with E-state index < -0.39 is 0 Å². The molecule has 1 aromatic rings. The summed E-state index contributed by atoms with van der Waals surface area (Å²) < 4.78 is 5.60. The fourth-order valence-electron chi connectivity index (χ4n) is 1.51. The van der Waals surface area contributed by atoms with Gasteiger partial charge in [-0.3, -0.25) is 0 Å². The molecule has 90 valence electrons. The maximum absolute atomic E-state index is 5.92. The standard InChI is InChI=1S/C13H21NOS/c1-16-11-12(14)7-5-6-10-15-13-8-3-2-4-9-13/h2-4,8-9,12H,5-7,10-11,14H2,1H3. The van der Waals surface area contributed by atoms with Gasteiger partial charge in [-0.05, 0) is 37.7 Å². The Labute approximate surface area is 103 Å². The molecule has 0 fully saturated rings. The molecule has 1 aromatic carbocycles. The number of nitrogens with two attached hydrogens (primary N) is 1. The molecule has 0 bridgehead atoms. The van der Waals surface area contributed by atoms with Crippen LogP contribution in [-0.2, 0) is 0 Å². The number of thioether (sulfide) groups is 1. The van der Waals surface area contributed by atoms with Crippen LogP contribution in [-0.4, -0.2) is 24.7 Å². The van der Waals surface area contributed by atoms with Crippen LogP contribution in [0.3, 0.4) is 0 Å². The van der Waals surface area contributed by atoms with Crippen LogP contribution in [0.15, 0.2) is 30.3 Å². The summed E-state index contributed by atoms with van der Waals surface area (Å²) in [5.74, 6) is 2.01. The molecule has 16 heavy (non-hydrogen) atoms. The van der Waals surface area contributed by atoms with Gasteiger partial charge in [-0.15, -0.1) is 0 Å². The molecule has 0 saturated carbocycles. The Morgan fingerprint density at radius 1 is 1.25 bits per heavy atom. The van der Waals surface area contributed by atoms with Crippen molar-refractivity contribution in [2.75, 3.05) is 18.6 Å². The van der Waals surface area contributed by atoms with Crippen molar-refractivity contribution in [1.29, 1.82) is 0 Å². The third-order valence-electron chi connectivity index (χ3n) is 2.36. The fourth-order valence-corrected chi connectivity index (χ4v) is 2.11. The highest BCUT2D eigenvalue weighted by molar-refractivity contribution is 7.98. The zero-order valence-electron chi connectivity index (χ0n) is 9.89. The number of benzene rings is 1. The van der Waals surface area contributed by atoms with Gasteiger partial charge in [0.1, 0.15) is 5.75 Å². The summed E-state index contributed by atoms with van der Waals surface area (Å²) in [6.07, 6.45) is 5.42. The maximum Gasteiger partial charge on any atom is 0.119 e. The van der Waals surface area contributed by atoms with Crippen LogP contribution in [0.4, 0.5) is 0 Å². The summed E-state index contributed by atoms with van der Waals surface area (Å²) in [6, 6.07) is 10.3. The Morgan fingerprint density at radius 2 is 2.00 bits per heavy atom. The molecule has 1 rings (SSSR count). The SMILES string of the molecule is CSCC(N)CCCCOc1ccccc1. The van der Waals surface area contributed by atoms with Crippen LogP contribution in [0.25, 0.3) is 0 Å². The number of unbranched alkanes of at least 4 members (excludes halogenated alkanes) is 1. The quantitative estimate of drug-likeness (QED) is 0.708. The van der Waals surface area contributed by atoms with Crippen molar-refractivity contribution < 1.29 is 4.74 Å². The Morgan fingerprint density at radius 3 is 2.69 bits per heavy atom. The van der Waals surface area contributed by atoms with Gasteiger partial charge in [0.2, 0.25) is 0 Å². The fraction of sp³-hybridized carbons (Fsp3) is 0.538. The van der Waals surface area contributed by atoms with Crippen LogP contribution >= 0.6 is 11.8 Å². The average Bonchev–Trinajstić information content (AvgIpc) is 2.30. The molecule has 0 aliphatic carbocycles. The van der Waals surface area contributed by atoms with Crippen LogP contribution in [0.1, 0.15) is 19.3 Å². The summed E-state index contributed by atoms with van der Waals surface area (Å²) in [5.41, 5.74) is 5.92. The van der Waals surface area contributed by atoms with Crippen molar-refractivity contribution in [3.63, 3.8) is 0 Å². The number of hydrogen-bond donors (Lipinski definition) is 1. The third-order valence-corrected chi connectivity index (χ3v) is 3.12. The average molecular weight is 239 g/mol. The van der Waals surface area contributed by atoms with Gasteiger partial charge in [-0.2, -0.15) is 11.8 Å². The lowest BCUT2D eigenvalue weighted by atomic mass is 10.1. The monoisotopic (exact) mass is 239 g/mol. The minimum atomic E-state index is 0.340. The smallest absolute Gasteiger partial charge is 0.119 e. The van der Waals surface area contributed by atoms with E-state index in [1.54, 1.807) is 0 Å². The second-order valence-corrected chi connectivity index (χ2v) is 4.78.